The molecule has 0 spiro atoms. The maximum Gasteiger partial charge on any atom is 0.295 e. The Hall–Kier alpha value is -3.26. The number of anilines is 1. The molecule has 0 unspecified atom stereocenters. The highest BCUT2D eigenvalue weighted by molar-refractivity contribution is 8.18. The summed E-state index contributed by atoms with van der Waals surface area (Å²) < 4.78 is 11.2. The van der Waals surface area contributed by atoms with Crippen LogP contribution in [-0.2, 0) is 4.79 Å². The smallest absolute Gasteiger partial charge is 0.295 e. The fourth-order valence-corrected chi connectivity index (χ4v) is 3.19. The van der Waals surface area contributed by atoms with Crippen molar-refractivity contribution in [2.75, 3.05) is 18.5 Å². The number of rotatable bonds is 6. The molecule has 2 heterocycles. The number of hydrogen-bond donors (Lipinski definition) is 2. The number of hydrogen-bond acceptors (Lipinski definition) is 7. The lowest BCUT2D eigenvalue weighted by molar-refractivity contribution is -0.115. The quantitative estimate of drug-likeness (QED) is 0.497. The number of oxazole rings is 1. The van der Waals surface area contributed by atoms with E-state index in [2.05, 4.69) is 15.6 Å². The van der Waals surface area contributed by atoms with Crippen molar-refractivity contribution in [1.29, 1.82) is 0 Å². The second-order valence-electron chi connectivity index (χ2n) is 5.68. The number of nitrogens with one attached hydrogen (secondary N) is 2. The molecule has 1 aliphatic heterocycles. The average Bonchev–Trinajstić information content (AvgIpc) is 3.22. The van der Waals surface area contributed by atoms with Gasteiger partial charge >= 0.3 is 0 Å². The van der Waals surface area contributed by atoms with Crippen molar-refractivity contribution in [3.63, 3.8) is 0 Å². The minimum absolute atomic E-state index is 0.349. The molecule has 1 aromatic heterocycles. The van der Waals surface area contributed by atoms with E-state index in [-0.39, 0.29) is 11.1 Å². The molecule has 4 rings (SSSR count). The van der Waals surface area contributed by atoms with Gasteiger partial charge in [-0.15, -0.1) is 0 Å². The van der Waals surface area contributed by atoms with Crippen molar-refractivity contribution in [3.8, 4) is 5.75 Å². The molecule has 0 saturated carbocycles. The predicted molar refractivity (Wildman–Crippen MR) is 104 cm³/mol. The first-order valence-corrected chi connectivity index (χ1v) is 9.06. The van der Waals surface area contributed by atoms with Gasteiger partial charge in [0.15, 0.2) is 5.58 Å². The number of imide groups is 1. The fraction of sp³-hybridized carbons (Fsp3) is 0.105. The summed E-state index contributed by atoms with van der Waals surface area (Å²) in [6, 6.07) is 15.3. The third kappa shape index (κ3) is 4.12. The summed E-state index contributed by atoms with van der Waals surface area (Å²) in [5.74, 6) is 0.340. The number of para-hydroxylation sites is 2. The molecule has 1 fully saturated rings. The van der Waals surface area contributed by atoms with E-state index in [1.807, 2.05) is 48.5 Å². The highest BCUT2D eigenvalue weighted by Gasteiger charge is 2.24. The number of carbonyl (C=O) groups excluding carboxylic acids is 2. The highest BCUT2D eigenvalue weighted by atomic mass is 32.2. The lowest BCUT2D eigenvalue weighted by atomic mass is 10.2. The molecule has 0 radical (unpaired) electrons. The summed E-state index contributed by atoms with van der Waals surface area (Å²) in [6.07, 6.45) is 1.67. The molecule has 2 aromatic carbocycles. The van der Waals surface area contributed by atoms with E-state index < -0.39 is 0 Å². The van der Waals surface area contributed by atoms with Crippen molar-refractivity contribution in [2.24, 2.45) is 0 Å². The fourth-order valence-electron chi connectivity index (χ4n) is 2.51. The second kappa shape index (κ2) is 7.55. The zero-order valence-corrected chi connectivity index (χ0v) is 14.9. The molecular formula is C19H15N3O4S. The van der Waals surface area contributed by atoms with E-state index in [9.17, 15) is 9.59 Å². The van der Waals surface area contributed by atoms with Gasteiger partial charge in [-0.3, -0.25) is 14.9 Å². The molecule has 0 atom stereocenters. The van der Waals surface area contributed by atoms with E-state index in [0.29, 0.717) is 29.8 Å². The van der Waals surface area contributed by atoms with Crippen LogP contribution >= 0.6 is 11.8 Å². The Bertz CT molecular complexity index is 994. The molecule has 1 saturated heterocycles. The van der Waals surface area contributed by atoms with Gasteiger partial charge in [0.25, 0.3) is 17.2 Å². The van der Waals surface area contributed by atoms with E-state index in [4.69, 9.17) is 9.15 Å². The molecule has 136 valence electrons. The highest BCUT2D eigenvalue weighted by Crippen LogP contribution is 2.26. The third-order valence-corrected chi connectivity index (χ3v) is 4.57. The Morgan fingerprint density at radius 3 is 2.70 bits per heavy atom. The largest absolute Gasteiger partial charge is 0.492 e. The van der Waals surface area contributed by atoms with Gasteiger partial charge in [0.1, 0.15) is 17.9 Å². The number of aromatic nitrogens is 1. The van der Waals surface area contributed by atoms with Gasteiger partial charge in [0, 0.05) is 0 Å². The molecule has 3 aromatic rings. The minimum Gasteiger partial charge on any atom is -0.492 e. The number of amides is 2. The normalized spacial score (nSPS) is 15.3. The van der Waals surface area contributed by atoms with Crippen LogP contribution in [0.1, 0.15) is 5.56 Å². The maximum absolute atomic E-state index is 11.5. The van der Waals surface area contributed by atoms with Crippen LogP contribution in [0.4, 0.5) is 10.8 Å². The first-order valence-electron chi connectivity index (χ1n) is 8.24. The Kier molecular flexibility index (Phi) is 4.80. The number of benzene rings is 2. The van der Waals surface area contributed by atoms with Crippen molar-refractivity contribution in [1.82, 2.24) is 10.3 Å². The first-order chi connectivity index (χ1) is 13.2. The summed E-state index contributed by atoms with van der Waals surface area (Å²) in [5, 5.41) is 4.96. The van der Waals surface area contributed by atoms with E-state index in [0.717, 1.165) is 28.4 Å². The lowest BCUT2D eigenvalue weighted by Crippen LogP contribution is -2.17. The van der Waals surface area contributed by atoms with Crippen LogP contribution in [0.3, 0.4) is 0 Å². The molecule has 2 N–H and O–H groups in total. The molecule has 0 bridgehead atoms. The van der Waals surface area contributed by atoms with Gasteiger partial charge in [-0.25, -0.2) is 0 Å². The van der Waals surface area contributed by atoms with Crippen LogP contribution in [0.2, 0.25) is 0 Å². The van der Waals surface area contributed by atoms with E-state index in [1.54, 1.807) is 6.08 Å². The molecule has 7 nitrogen and oxygen atoms in total. The van der Waals surface area contributed by atoms with Crippen molar-refractivity contribution in [3.05, 3.63) is 59.0 Å². The molecule has 2 amide bonds. The number of ether oxygens (including phenoxy) is 1. The van der Waals surface area contributed by atoms with Gasteiger partial charge in [0.2, 0.25) is 0 Å². The molecular weight excluding hydrogens is 366 g/mol. The van der Waals surface area contributed by atoms with Crippen LogP contribution in [0.5, 0.6) is 5.75 Å². The van der Waals surface area contributed by atoms with E-state index in [1.165, 1.54) is 0 Å². The molecule has 27 heavy (non-hydrogen) atoms. The monoisotopic (exact) mass is 381 g/mol. The Morgan fingerprint density at radius 2 is 1.96 bits per heavy atom. The molecule has 8 heteroatoms. The summed E-state index contributed by atoms with van der Waals surface area (Å²) in [4.78, 5) is 27.4. The average molecular weight is 381 g/mol. The number of nitrogens with zero attached hydrogens (tertiary/aromatic N) is 1. The zero-order chi connectivity index (χ0) is 18.6. The van der Waals surface area contributed by atoms with Crippen LogP contribution in [0, 0.1) is 0 Å². The Labute approximate surface area is 158 Å². The van der Waals surface area contributed by atoms with Gasteiger partial charge in [-0.05, 0) is 47.7 Å². The van der Waals surface area contributed by atoms with Crippen LogP contribution in [-0.4, -0.2) is 29.3 Å². The summed E-state index contributed by atoms with van der Waals surface area (Å²) in [7, 11) is 0. The van der Waals surface area contributed by atoms with Crippen LogP contribution in [0.15, 0.2) is 57.9 Å². The standard InChI is InChI=1S/C19H15N3O4S/c23-17-16(27-19(24)22-17)11-12-5-7-13(8-6-12)25-10-9-20-18-21-14-3-1-2-4-15(14)26-18/h1-8,11H,9-10H2,(H,20,21)(H,22,23,24). The lowest BCUT2D eigenvalue weighted by Gasteiger charge is -2.06. The van der Waals surface area contributed by atoms with Crippen molar-refractivity contribution >= 4 is 46.1 Å². The molecule has 1 aliphatic rings. The summed E-state index contributed by atoms with van der Waals surface area (Å²) >= 11 is 0.896. The maximum atomic E-state index is 11.5. The third-order valence-electron chi connectivity index (χ3n) is 3.76. The zero-order valence-electron chi connectivity index (χ0n) is 14.1. The van der Waals surface area contributed by atoms with Crippen molar-refractivity contribution < 1.29 is 18.7 Å². The Balaban J connectivity index is 1.28. The number of thioether (sulfide) groups is 1. The van der Waals surface area contributed by atoms with Crippen LogP contribution < -0.4 is 15.4 Å². The van der Waals surface area contributed by atoms with Crippen LogP contribution in [0.25, 0.3) is 17.2 Å². The molecule has 0 aliphatic carbocycles. The SMILES string of the molecule is O=C1NC(=O)C(=Cc2ccc(OCCNc3nc4ccccc4o3)cc2)S1. The van der Waals surface area contributed by atoms with Gasteiger partial charge in [-0.2, -0.15) is 4.98 Å². The van der Waals surface area contributed by atoms with Gasteiger partial charge in [0.05, 0.1) is 11.4 Å². The topological polar surface area (TPSA) is 93.5 Å². The summed E-state index contributed by atoms with van der Waals surface area (Å²) in [6.45, 7) is 0.976. The predicted octanol–water partition coefficient (Wildman–Crippen LogP) is 3.64. The first kappa shape index (κ1) is 17.2. The van der Waals surface area contributed by atoms with Gasteiger partial charge < -0.3 is 14.5 Å². The Morgan fingerprint density at radius 1 is 1.15 bits per heavy atom. The van der Waals surface area contributed by atoms with Crippen molar-refractivity contribution in [2.45, 2.75) is 0 Å². The minimum atomic E-state index is -0.365. The second-order valence-corrected chi connectivity index (χ2v) is 6.70. The van der Waals surface area contributed by atoms with Gasteiger partial charge in [-0.1, -0.05) is 24.3 Å². The number of fused-ring (bicyclic) bond motifs is 1. The summed E-state index contributed by atoms with van der Waals surface area (Å²) in [5.41, 5.74) is 2.36. The number of carbonyl (C=O) groups is 2. The van der Waals surface area contributed by atoms with E-state index >= 15 is 0 Å².